The van der Waals surface area contributed by atoms with E-state index in [1.54, 1.807) is 17.5 Å². The van der Waals surface area contributed by atoms with Crippen molar-refractivity contribution in [3.8, 4) is 17.0 Å². The molecule has 29 heavy (non-hydrogen) atoms. The van der Waals surface area contributed by atoms with Crippen molar-refractivity contribution < 1.29 is 17.9 Å². The average molecular weight is 441 g/mol. The number of anilines is 2. The molecule has 1 heterocycles. The Balaban J connectivity index is 1.78. The second kappa shape index (κ2) is 9.50. The Hall–Kier alpha value is -2.25. The van der Waals surface area contributed by atoms with Crippen molar-refractivity contribution >= 4 is 33.8 Å². The molecule has 0 amide bonds. The number of nitrogens with one attached hydrogen (secondary N) is 1. The molecule has 3 nitrogen and oxygen atoms in total. The van der Waals surface area contributed by atoms with Crippen LogP contribution in [0.5, 0.6) is 5.75 Å². The number of benzene rings is 2. The average Bonchev–Trinajstić information content (AvgIpc) is 3.14. The summed E-state index contributed by atoms with van der Waals surface area (Å²) in [7, 11) is 0. The van der Waals surface area contributed by atoms with Gasteiger partial charge in [0.15, 0.2) is 5.13 Å². The zero-order chi connectivity index (χ0) is 20.9. The van der Waals surface area contributed by atoms with Crippen LogP contribution in [-0.4, -0.2) is 11.6 Å². The molecule has 0 aliphatic carbocycles. The van der Waals surface area contributed by atoms with Crippen molar-refractivity contribution in [1.29, 1.82) is 0 Å². The lowest BCUT2D eigenvalue weighted by Gasteiger charge is -2.15. The third kappa shape index (κ3) is 5.64. The summed E-state index contributed by atoms with van der Waals surface area (Å²) in [6.45, 7) is 2.29. The molecule has 0 atom stereocenters. The first-order valence-electron chi connectivity index (χ1n) is 9.20. The fourth-order valence-corrected chi connectivity index (χ4v) is 3.70. The van der Waals surface area contributed by atoms with E-state index in [1.807, 2.05) is 25.1 Å². The number of hydrogen-bond acceptors (Lipinski definition) is 4. The van der Waals surface area contributed by atoms with Gasteiger partial charge in [0, 0.05) is 21.7 Å². The molecule has 2 aromatic carbocycles. The summed E-state index contributed by atoms with van der Waals surface area (Å²) < 4.78 is 45.8. The smallest absolute Gasteiger partial charge is 0.420 e. The van der Waals surface area contributed by atoms with Gasteiger partial charge in [0.1, 0.15) is 5.75 Å². The van der Waals surface area contributed by atoms with Gasteiger partial charge < -0.3 is 10.1 Å². The highest BCUT2D eigenvalue weighted by molar-refractivity contribution is 7.14. The molecule has 0 saturated heterocycles. The van der Waals surface area contributed by atoms with Crippen LogP contribution in [0, 0.1) is 0 Å². The number of unbranched alkanes of at least 4 members (excludes halogenated alkanes) is 2. The van der Waals surface area contributed by atoms with Gasteiger partial charge in [-0.25, -0.2) is 4.98 Å². The summed E-state index contributed by atoms with van der Waals surface area (Å²) in [5.74, 6) is -0.157. The summed E-state index contributed by atoms with van der Waals surface area (Å²) in [6.07, 6.45) is -1.90. The van der Waals surface area contributed by atoms with Crippen LogP contribution in [0.15, 0.2) is 47.8 Å². The highest BCUT2D eigenvalue weighted by Crippen LogP contribution is 2.39. The molecule has 0 fully saturated rings. The second-order valence-corrected chi connectivity index (χ2v) is 7.67. The van der Waals surface area contributed by atoms with E-state index in [9.17, 15) is 13.2 Å². The van der Waals surface area contributed by atoms with E-state index in [4.69, 9.17) is 16.3 Å². The van der Waals surface area contributed by atoms with E-state index in [2.05, 4.69) is 10.3 Å². The Labute approximate surface area is 176 Å². The molecule has 3 rings (SSSR count). The standard InChI is InChI=1S/C21H20ClF3N2OS/c1-2-3-6-11-28-19-10-9-14(12-16(19)21(23,24)25)26-20-27-18(13-29-20)15-7-4-5-8-17(15)22/h4-5,7-10,12-13H,2-3,6,11H2,1H3,(H,26,27). The number of nitrogens with zero attached hydrogens (tertiary/aromatic N) is 1. The van der Waals surface area contributed by atoms with Crippen LogP contribution >= 0.6 is 22.9 Å². The molecular formula is C21H20ClF3N2OS. The summed E-state index contributed by atoms with van der Waals surface area (Å²) in [6, 6.07) is 11.2. The number of aromatic nitrogens is 1. The lowest BCUT2D eigenvalue weighted by molar-refractivity contribution is -0.138. The molecule has 1 aromatic heterocycles. The summed E-state index contributed by atoms with van der Waals surface area (Å²) in [4.78, 5) is 4.43. The fourth-order valence-electron chi connectivity index (χ4n) is 2.74. The Morgan fingerprint density at radius 1 is 1.14 bits per heavy atom. The topological polar surface area (TPSA) is 34.1 Å². The number of hydrogen-bond donors (Lipinski definition) is 1. The van der Waals surface area contributed by atoms with Gasteiger partial charge in [0.05, 0.1) is 17.9 Å². The Bertz CT molecular complexity index is 959. The van der Waals surface area contributed by atoms with Crippen LogP contribution in [0.25, 0.3) is 11.3 Å². The third-order valence-electron chi connectivity index (χ3n) is 4.20. The molecule has 0 unspecified atom stereocenters. The van der Waals surface area contributed by atoms with Crippen molar-refractivity contribution in [2.75, 3.05) is 11.9 Å². The molecule has 0 aliphatic rings. The minimum atomic E-state index is -4.51. The van der Waals surface area contributed by atoms with Crippen molar-refractivity contribution in [2.24, 2.45) is 0 Å². The van der Waals surface area contributed by atoms with E-state index in [1.165, 1.54) is 17.4 Å². The number of rotatable bonds is 8. The molecule has 8 heteroatoms. The van der Waals surface area contributed by atoms with Gasteiger partial charge in [-0.3, -0.25) is 0 Å². The van der Waals surface area contributed by atoms with Gasteiger partial charge in [0.25, 0.3) is 0 Å². The van der Waals surface area contributed by atoms with Crippen molar-refractivity contribution in [1.82, 2.24) is 4.98 Å². The minimum Gasteiger partial charge on any atom is -0.493 e. The van der Waals surface area contributed by atoms with Crippen molar-refractivity contribution in [3.63, 3.8) is 0 Å². The molecular weight excluding hydrogens is 421 g/mol. The third-order valence-corrected chi connectivity index (χ3v) is 5.28. The first kappa shape index (κ1) is 21.5. The van der Waals surface area contributed by atoms with Gasteiger partial charge >= 0.3 is 6.18 Å². The lowest BCUT2D eigenvalue weighted by atomic mass is 10.1. The first-order valence-corrected chi connectivity index (χ1v) is 10.5. The van der Waals surface area contributed by atoms with E-state index in [-0.39, 0.29) is 12.4 Å². The molecule has 1 N–H and O–H groups in total. The molecule has 0 spiro atoms. The second-order valence-electron chi connectivity index (χ2n) is 6.41. The van der Waals surface area contributed by atoms with E-state index < -0.39 is 11.7 Å². The van der Waals surface area contributed by atoms with Crippen LogP contribution in [0.3, 0.4) is 0 Å². The molecule has 0 saturated carbocycles. The summed E-state index contributed by atoms with van der Waals surface area (Å²) in [5, 5.41) is 5.78. The van der Waals surface area contributed by atoms with Crippen molar-refractivity contribution in [3.05, 3.63) is 58.4 Å². The maximum atomic E-state index is 13.5. The van der Waals surface area contributed by atoms with Crippen LogP contribution < -0.4 is 10.1 Å². The highest BCUT2D eigenvalue weighted by atomic mass is 35.5. The molecule has 3 aromatic rings. The van der Waals surface area contributed by atoms with Gasteiger partial charge in [0.2, 0.25) is 0 Å². The number of thiazole rings is 1. The Morgan fingerprint density at radius 3 is 2.66 bits per heavy atom. The van der Waals surface area contributed by atoms with Crippen LogP contribution in [0.2, 0.25) is 5.02 Å². The van der Waals surface area contributed by atoms with Gasteiger partial charge in [-0.15, -0.1) is 11.3 Å². The van der Waals surface area contributed by atoms with E-state index in [0.29, 0.717) is 21.5 Å². The fraction of sp³-hybridized carbons (Fsp3) is 0.286. The maximum Gasteiger partial charge on any atom is 0.420 e. The van der Waals surface area contributed by atoms with Crippen LogP contribution in [0.4, 0.5) is 24.0 Å². The van der Waals surface area contributed by atoms with Crippen molar-refractivity contribution in [2.45, 2.75) is 32.4 Å². The predicted octanol–water partition coefficient (Wildman–Crippen LogP) is 7.79. The first-order chi connectivity index (χ1) is 13.9. The lowest BCUT2D eigenvalue weighted by Crippen LogP contribution is -2.10. The Morgan fingerprint density at radius 2 is 1.93 bits per heavy atom. The van der Waals surface area contributed by atoms with Gasteiger partial charge in [-0.05, 0) is 30.7 Å². The zero-order valence-electron chi connectivity index (χ0n) is 15.7. The maximum absolute atomic E-state index is 13.5. The van der Waals surface area contributed by atoms with Gasteiger partial charge in [-0.2, -0.15) is 13.2 Å². The zero-order valence-corrected chi connectivity index (χ0v) is 17.3. The van der Waals surface area contributed by atoms with E-state index in [0.717, 1.165) is 30.9 Å². The monoisotopic (exact) mass is 440 g/mol. The minimum absolute atomic E-state index is 0.157. The number of halogens is 4. The van der Waals surface area contributed by atoms with E-state index >= 15 is 0 Å². The normalized spacial score (nSPS) is 11.5. The number of alkyl halides is 3. The summed E-state index contributed by atoms with van der Waals surface area (Å²) in [5.41, 5.74) is 0.917. The largest absolute Gasteiger partial charge is 0.493 e. The quantitative estimate of drug-likeness (QED) is 0.363. The molecule has 0 bridgehead atoms. The highest BCUT2D eigenvalue weighted by Gasteiger charge is 2.34. The van der Waals surface area contributed by atoms with Gasteiger partial charge in [-0.1, -0.05) is 49.6 Å². The summed E-state index contributed by atoms with van der Waals surface area (Å²) >= 11 is 7.47. The molecule has 0 radical (unpaired) electrons. The predicted molar refractivity (Wildman–Crippen MR) is 112 cm³/mol. The molecule has 154 valence electrons. The van der Waals surface area contributed by atoms with Crippen LogP contribution in [-0.2, 0) is 6.18 Å². The SMILES string of the molecule is CCCCCOc1ccc(Nc2nc(-c3ccccc3Cl)cs2)cc1C(F)(F)F. The van der Waals surface area contributed by atoms with Crippen LogP contribution in [0.1, 0.15) is 31.7 Å². The molecule has 0 aliphatic heterocycles. The number of ether oxygens (including phenoxy) is 1. The Kier molecular flexibility index (Phi) is 7.03.